The van der Waals surface area contributed by atoms with Crippen LogP contribution in [-0.2, 0) is 13.1 Å². The Labute approximate surface area is 150 Å². The lowest BCUT2D eigenvalue weighted by Gasteiger charge is -2.37. The van der Waals surface area contributed by atoms with Gasteiger partial charge in [0.2, 0.25) is 0 Å². The number of nitro benzene ring substituents is 1. The second-order valence-corrected chi connectivity index (χ2v) is 6.18. The van der Waals surface area contributed by atoms with Gasteiger partial charge >= 0.3 is 0 Å². The predicted molar refractivity (Wildman–Crippen MR) is 97.8 cm³/mol. The maximum absolute atomic E-state index is 11.1. The van der Waals surface area contributed by atoms with E-state index in [1.807, 2.05) is 35.2 Å². The van der Waals surface area contributed by atoms with Crippen LogP contribution in [0.5, 0.6) is 0 Å². The summed E-state index contributed by atoms with van der Waals surface area (Å²) < 4.78 is 0. The van der Waals surface area contributed by atoms with Gasteiger partial charge in [0, 0.05) is 49.4 Å². The van der Waals surface area contributed by atoms with Crippen LogP contribution in [0.2, 0.25) is 0 Å². The second-order valence-electron chi connectivity index (χ2n) is 6.18. The molecule has 26 heavy (non-hydrogen) atoms. The Hall–Kier alpha value is -3.32. The number of pyridine rings is 2. The van der Waals surface area contributed by atoms with Gasteiger partial charge in [-0.2, -0.15) is 0 Å². The summed E-state index contributed by atoms with van der Waals surface area (Å²) in [6, 6.07) is 14.6. The zero-order chi connectivity index (χ0) is 17.9. The van der Waals surface area contributed by atoms with Gasteiger partial charge in [0.25, 0.3) is 5.69 Å². The minimum Gasteiger partial charge on any atom is -0.312 e. The standard InChI is InChI=1S/C19H17N5O2/c25-24(26)18-5-1-4-17(11-18)23-14-22(12-15-6-9-20-10-7-15)13-16-3-2-8-21-19(16)23/h1-11H,12-14H2. The van der Waals surface area contributed by atoms with Crippen LogP contribution in [-0.4, -0.2) is 26.5 Å². The fourth-order valence-corrected chi connectivity index (χ4v) is 3.19. The minimum absolute atomic E-state index is 0.0752. The van der Waals surface area contributed by atoms with E-state index in [0.29, 0.717) is 6.67 Å². The molecule has 0 spiro atoms. The molecule has 3 heterocycles. The number of benzene rings is 1. The highest BCUT2D eigenvalue weighted by Gasteiger charge is 2.25. The molecule has 0 aliphatic carbocycles. The third-order valence-electron chi connectivity index (χ3n) is 4.37. The van der Waals surface area contributed by atoms with Gasteiger partial charge in [0.1, 0.15) is 5.82 Å². The third-order valence-corrected chi connectivity index (χ3v) is 4.37. The molecular formula is C19H17N5O2. The number of aromatic nitrogens is 2. The number of fused-ring (bicyclic) bond motifs is 1. The van der Waals surface area contributed by atoms with Crippen LogP contribution < -0.4 is 4.90 Å². The first-order chi connectivity index (χ1) is 12.7. The minimum atomic E-state index is -0.373. The number of rotatable bonds is 4. The summed E-state index contributed by atoms with van der Waals surface area (Å²) in [6.45, 7) is 2.15. The number of nitro groups is 1. The van der Waals surface area contributed by atoms with Crippen LogP contribution in [0.1, 0.15) is 11.1 Å². The molecule has 0 bridgehead atoms. The van der Waals surface area contributed by atoms with Gasteiger partial charge in [0.05, 0.1) is 17.3 Å². The van der Waals surface area contributed by atoms with Crippen LogP contribution in [0.3, 0.4) is 0 Å². The van der Waals surface area contributed by atoms with Gasteiger partial charge < -0.3 is 4.90 Å². The van der Waals surface area contributed by atoms with Crippen molar-refractivity contribution in [2.75, 3.05) is 11.6 Å². The Morgan fingerprint density at radius 1 is 1.08 bits per heavy atom. The fraction of sp³-hybridized carbons (Fsp3) is 0.158. The number of non-ortho nitro benzene ring substituents is 1. The van der Waals surface area contributed by atoms with E-state index in [4.69, 9.17) is 0 Å². The molecule has 0 radical (unpaired) electrons. The number of nitrogens with zero attached hydrogens (tertiary/aromatic N) is 5. The summed E-state index contributed by atoms with van der Waals surface area (Å²) in [5.41, 5.74) is 3.11. The molecule has 0 saturated heterocycles. The largest absolute Gasteiger partial charge is 0.312 e. The van der Waals surface area contributed by atoms with Crippen molar-refractivity contribution < 1.29 is 4.92 Å². The van der Waals surface area contributed by atoms with Gasteiger partial charge in [-0.25, -0.2) is 4.98 Å². The molecule has 130 valence electrons. The first-order valence-electron chi connectivity index (χ1n) is 8.28. The van der Waals surface area contributed by atoms with Crippen LogP contribution >= 0.6 is 0 Å². The van der Waals surface area contributed by atoms with Gasteiger partial charge in [-0.1, -0.05) is 12.1 Å². The molecule has 0 unspecified atom stereocenters. The van der Waals surface area contributed by atoms with Crippen molar-refractivity contribution in [1.82, 2.24) is 14.9 Å². The number of hydrogen-bond donors (Lipinski definition) is 0. The summed E-state index contributed by atoms with van der Waals surface area (Å²) in [6.07, 6.45) is 5.32. The van der Waals surface area contributed by atoms with Crippen LogP contribution in [0.15, 0.2) is 67.1 Å². The normalized spacial score (nSPS) is 14.1. The average molecular weight is 347 g/mol. The Morgan fingerprint density at radius 3 is 2.73 bits per heavy atom. The molecule has 0 fully saturated rings. The van der Waals surface area contributed by atoms with Gasteiger partial charge in [-0.15, -0.1) is 0 Å². The monoisotopic (exact) mass is 347 g/mol. The molecule has 0 atom stereocenters. The molecule has 0 saturated carbocycles. The van der Waals surface area contributed by atoms with Crippen molar-refractivity contribution in [1.29, 1.82) is 0 Å². The fourth-order valence-electron chi connectivity index (χ4n) is 3.19. The highest BCUT2D eigenvalue weighted by Crippen LogP contribution is 2.33. The van der Waals surface area contributed by atoms with Crippen molar-refractivity contribution in [2.45, 2.75) is 13.1 Å². The van der Waals surface area contributed by atoms with E-state index >= 15 is 0 Å². The highest BCUT2D eigenvalue weighted by molar-refractivity contribution is 5.66. The van der Waals surface area contributed by atoms with E-state index < -0.39 is 0 Å². The lowest BCUT2D eigenvalue weighted by Crippen LogP contribution is -2.39. The molecular weight excluding hydrogens is 330 g/mol. The first kappa shape index (κ1) is 16.2. The molecule has 1 aromatic carbocycles. The van der Waals surface area contributed by atoms with Gasteiger partial charge in [-0.05, 0) is 29.8 Å². The molecule has 7 nitrogen and oxygen atoms in total. The van der Waals surface area contributed by atoms with Crippen molar-refractivity contribution in [3.8, 4) is 0 Å². The highest BCUT2D eigenvalue weighted by atomic mass is 16.6. The summed E-state index contributed by atoms with van der Waals surface area (Å²) >= 11 is 0. The van der Waals surface area contributed by atoms with Crippen molar-refractivity contribution in [3.63, 3.8) is 0 Å². The van der Waals surface area contributed by atoms with E-state index in [-0.39, 0.29) is 10.6 Å². The quantitative estimate of drug-likeness (QED) is 0.531. The zero-order valence-electron chi connectivity index (χ0n) is 14.0. The maximum Gasteiger partial charge on any atom is 0.271 e. The predicted octanol–water partition coefficient (Wildman–Crippen LogP) is 3.50. The van der Waals surface area contributed by atoms with Gasteiger partial charge in [-0.3, -0.25) is 20.0 Å². The molecule has 4 rings (SSSR count). The Bertz CT molecular complexity index is 932. The molecule has 3 aromatic rings. The average Bonchev–Trinajstić information content (AvgIpc) is 2.68. The molecule has 1 aliphatic rings. The molecule has 7 heteroatoms. The Balaban J connectivity index is 1.68. The van der Waals surface area contributed by atoms with E-state index in [1.165, 1.54) is 11.6 Å². The van der Waals surface area contributed by atoms with Crippen molar-refractivity contribution >= 4 is 17.2 Å². The maximum atomic E-state index is 11.1. The second kappa shape index (κ2) is 6.89. The number of hydrogen-bond acceptors (Lipinski definition) is 6. The topological polar surface area (TPSA) is 75.4 Å². The molecule has 0 amide bonds. The third kappa shape index (κ3) is 3.25. The smallest absolute Gasteiger partial charge is 0.271 e. The Kier molecular flexibility index (Phi) is 4.28. The summed E-state index contributed by atoms with van der Waals surface area (Å²) in [5.74, 6) is 0.846. The van der Waals surface area contributed by atoms with E-state index in [2.05, 4.69) is 14.9 Å². The Morgan fingerprint density at radius 2 is 1.92 bits per heavy atom. The summed E-state index contributed by atoms with van der Waals surface area (Å²) in [4.78, 5) is 23.6. The molecule has 0 N–H and O–H groups in total. The van der Waals surface area contributed by atoms with Crippen LogP contribution in [0, 0.1) is 10.1 Å². The zero-order valence-corrected chi connectivity index (χ0v) is 14.0. The van der Waals surface area contributed by atoms with Crippen LogP contribution in [0.25, 0.3) is 0 Å². The van der Waals surface area contributed by atoms with Crippen molar-refractivity contribution in [2.24, 2.45) is 0 Å². The SMILES string of the molecule is O=[N+]([O-])c1cccc(N2CN(Cc3ccncc3)Cc3cccnc32)c1. The van der Waals surface area contributed by atoms with Crippen molar-refractivity contribution in [3.05, 3.63) is 88.4 Å². The first-order valence-corrected chi connectivity index (χ1v) is 8.28. The molecule has 1 aliphatic heterocycles. The summed E-state index contributed by atoms with van der Waals surface area (Å²) in [7, 11) is 0. The van der Waals surface area contributed by atoms with Gasteiger partial charge in [0.15, 0.2) is 0 Å². The lowest BCUT2D eigenvalue weighted by atomic mass is 10.1. The number of anilines is 2. The van der Waals surface area contributed by atoms with E-state index in [1.54, 1.807) is 30.7 Å². The molecule has 2 aromatic heterocycles. The summed E-state index contributed by atoms with van der Waals surface area (Å²) in [5, 5.41) is 11.1. The lowest BCUT2D eigenvalue weighted by molar-refractivity contribution is -0.384. The van der Waals surface area contributed by atoms with Crippen LogP contribution in [0.4, 0.5) is 17.2 Å². The van der Waals surface area contributed by atoms with E-state index in [9.17, 15) is 10.1 Å². The van der Waals surface area contributed by atoms with E-state index in [0.717, 1.165) is 30.2 Å².